The molecule has 4 saturated heterocycles. The molecule has 4 fully saturated rings. The predicted octanol–water partition coefficient (Wildman–Crippen LogP) is -5.23. The van der Waals surface area contributed by atoms with Gasteiger partial charge >= 0.3 is 11.9 Å². The summed E-state index contributed by atoms with van der Waals surface area (Å²) in [4.78, 5) is 25.6. The van der Waals surface area contributed by atoms with Gasteiger partial charge in [0.1, 0.15) is 97.7 Å². The Kier molecular flexibility index (Phi) is 22.2. The van der Waals surface area contributed by atoms with Crippen molar-refractivity contribution in [3.8, 4) is 0 Å². The van der Waals surface area contributed by atoms with Gasteiger partial charge in [-0.3, -0.25) is 0 Å². The van der Waals surface area contributed by atoms with Crippen LogP contribution in [0.5, 0.6) is 0 Å². The van der Waals surface area contributed by atoms with Crippen molar-refractivity contribution in [3.05, 3.63) is 83.1 Å². The number of carbonyl (C=O) groups excluding carboxylic acids is 2. The van der Waals surface area contributed by atoms with Gasteiger partial charge in [-0.05, 0) is 27.7 Å². The first-order valence-electron chi connectivity index (χ1n) is 21.5. The molecule has 4 rings (SSSR count). The highest BCUT2D eigenvalue weighted by atomic mass is 16.8. The van der Waals surface area contributed by atoms with Crippen LogP contribution < -0.4 is 0 Å². The summed E-state index contributed by atoms with van der Waals surface area (Å²) in [6, 6.07) is 0. The molecule has 4 aliphatic heterocycles. The van der Waals surface area contributed by atoms with Crippen molar-refractivity contribution in [2.24, 2.45) is 0 Å². The number of aliphatic hydroxyl groups is 14. The number of rotatable bonds is 18. The summed E-state index contributed by atoms with van der Waals surface area (Å²) in [6.45, 7) is 3.80. The van der Waals surface area contributed by atoms with Crippen molar-refractivity contribution in [3.63, 3.8) is 0 Å². The highest BCUT2D eigenvalue weighted by molar-refractivity contribution is 5.88. The first kappa shape index (κ1) is 56.9. The van der Waals surface area contributed by atoms with Gasteiger partial charge in [-0.15, -0.1) is 0 Å². The van der Waals surface area contributed by atoms with E-state index in [1.54, 1.807) is 62.5 Å². The molecule has 0 saturated carbocycles. The quantitative estimate of drug-likeness (QED) is 0.0347. The Morgan fingerprint density at radius 3 is 1.01 bits per heavy atom. The molecule has 0 spiro atoms. The molecular weight excluding hydrogens is 912 g/mol. The lowest BCUT2D eigenvalue weighted by atomic mass is 9.98. The number of esters is 2. The third-order valence-corrected chi connectivity index (χ3v) is 11.2. The van der Waals surface area contributed by atoms with Crippen LogP contribution in [-0.4, -0.2) is 233 Å². The normalized spacial score (nSPS) is 40.3. The zero-order chi connectivity index (χ0) is 50.6. The molecule has 4 heterocycles. The molecule has 68 heavy (non-hydrogen) atoms. The first-order chi connectivity index (χ1) is 32.1. The lowest BCUT2D eigenvalue weighted by molar-refractivity contribution is -0.326. The van der Waals surface area contributed by atoms with Crippen LogP contribution in [0.3, 0.4) is 0 Å². The second-order valence-electron chi connectivity index (χ2n) is 16.5. The summed E-state index contributed by atoms with van der Waals surface area (Å²) in [5, 5.41) is 142. The van der Waals surface area contributed by atoms with Gasteiger partial charge in [0.2, 0.25) is 12.6 Å². The molecule has 14 N–H and O–H groups in total. The zero-order valence-corrected chi connectivity index (χ0v) is 37.5. The molecule has 0 unspecified atom stereocenters. The fraction of sp³-hybridized carbons (Fsp3) is 0.636. The Morgan fingerprint density at radius 1 is 0.397 bits per heavy atom. The highest BCUT2D eigenvalue weighted by Crippen LogP contribution is 2.28. The Hall–Kier alpha value is -3.68. The van der Waals surface area contributed by atoms with E-state index in [4.69, 9.17) is 37.9 Å². The summed E-state index contributed by atoms with van der Waals surface area (Å²) < 4.78 is 42.7. The van der Waals surface area contributed by atoms with Gasteiger partial charge in [0.25, 0.3) is 0 Å². The van der Waals surface area contributed by atoms with Crippen LogP contribution in [0.2, 0.25) is 0 Å². The first-order valence-corrected chi connectivity index (χ1v) is 21.5. The lowest BCUT2D eigenvalue weighted by Gasteiger charge is -2.42. The number of aliphatic hydroxyl groups excluding tert-OH is 14. The van der Waals surface area contributed by atoms with Crippen molar-refractivity contribution in [1.82, 2.24) is 0 Å². The van der Waals surface area contributed by atoms with Crippen molar-refractivity contribution in [2.45, 2.75) is 151 Å². The topological polar surface area (TPSA) is 391 Å². The highest BCUT2D eigenvalue weighted by Gasteiger charge is 2.50. The molecule has 0 aromatic rings. The van der Waals surface area contributed by atoms with E-state index in [9.17, 15) is 81.1 Å². The maximum Gasteiger partial charge on any atom is 0.336 e. The van der Waals surface area contributed by atoms with Crippen LogP contribution in [0.15, 0.2) is 83.1 Å². The maximum absolute atomic E-state index is 12.8. The van der Waals surface area contributed by atoms with Crippen LogP contribution in [0.25, 0.3) is 0 Å². The molecule has 0 amide bonds. The van der Waals surface area contributed by atoms with Gasteiger partial charge in [-0.25, -0.2) is 9.59 Å². The van der Waals surface area contributed by atoms with Crippen LogP contribution in [0.1, 0.15) is 27.7 Å². The van der Waals surface area contributed by atoms with E-state index < -0.39 is 161 Å². The number of ether oxygens (including phenoxy) is 8. The second kappa shape index (κ2) is 26.5. The third-order valence-electron chi connectivity index (χ3n) is 11.2. The Morgan fingerprint density at radius 2 is 0.691 bits per heavy atom. The monoisotopic (exact) mass is 976 g/mol. The van der Waals surface area contributed by atoms with Gasteiger partial charge in [0.05, 0.1) is 26.4 Å². The molecule has 20 atom stereocenters. The van der Waals surface area contributed by atoms with Crippen molar-refractivity contribution in [1.29, 1.82) is 0 Å². The van der Waals surface area contributed by atoms with E-state index in [0.29, 0.717) is 0 Å². The molecule has 0 aromatic heterocycles. The van der Waals surface area contributed by atoms with E-state index in [-0.39, 0.29) is 11.1 Å². The summed E-state index contributed by atoms with van der Waals surface area (Å²) in [6.07, 6.45) is -16.8. The van der Waals surface area contributed by atoms with Gasteiger partial charge < -0.3 is 109 Å². The van der Waals surface area contributed by atoms with Crippen LogP contribution in [0.4, 0.5) is 0 Å². The van der Waals surface area contributed by atoms with E-state index in [1.165, 1.54) is 26.0 Å². The Bertz CT molecular complexity index is 1730. The van der Waals surface area contributed by atoms with E-state index in [2.05, 4.69) is 0 Å². The molecule has 24 heteroatoms. The molecule has 24 nitrogen and oxygen atoms in total. The molecule has 0 aliphatic carbocycles. The smallest absolute Gasteiger partial charge is 0.336 e. The summed E-state index contributed by atoms with van der Waals surface area (Å²) >= 11 is 0. The SMILES string of the molecule is CC(=C/C=C/C=C(C)\C=C\C=C(/C)C(=O)O[C@@H]1O[C@H](CO[C@H]2O[C@@H](CO)[C@H](O)[C@@H](O)[C@@H]2O)[C@@H](O)[C@H](O)[C@H]1O)/C=C/C=C(\C)C(=O)O[C@H]1O[C@@H](CO[C@H]2O[C@@H](CO)[C@H](O)[C@@H](O)[C@@H]2O)[C@H](O)[C@@H](O)[C@@H]1O. The largest absolute Gasteiger partial charge is 0.429 e. The Balaban J connectivity index is 1.23. The second-order valence-corrected chi connectivity index (χ2v) is 16.5. The van der Waals surface area contributed by atoms with Gasteiger partial charge in [0, 0.05) is 11.1 Å². The van der Waals surface area contributed by atoms with E-state index in [0.717, 1.165) is 11.1 Å². The average molecular weight is 977 g/mol. The van der Waals surface area contributed by atoms with Crippen molar-refractivity contribution in [2.75, 3.05) is 26.4 Å². The number of carbonyl (C=O) groups is 2. The number of hydrogen-bond acceptors (Lipinski definition) is 24. The number of hydrogen-bond donors (Lipinski definition) is 14. The average Bonchev–Trinajstić information content (AvgIpc) is 3.31. The maximum atomic E-state index is 12.8. The van der Waals surface area contributed by atoms with Gasteiger partial charge in [-0.1, -0.05) is 71.9 Å². The summed E-state index contributed by atoms with van der Waals surface area (Å²) in [7, 11) is 0. The molecule has 4 aliphatic rings. The molecule has 0 radical (unpaired) electrons. The molecular formula is C44H64O24. The van der Waals surface area contributed by atoms with Gasteiger partial charge in [-0.2, -0.15) is 0 Å². The fourth-order valence-electron chi connectivity index (χ4n) is 6.84. The van der Waals surface area contributed by atoms with E-state index in [1.807, 2.05) is 0 Å². The standard InChI is InChI=1S/C44H64O24/c1-19(11-7-13-21(3)39(59)67-43-37(57)33(53)29(49)25(65-43)17-61-41-35(55)31(51)27(47)23(15-45)63-41)9-5-6-10-20(2)12-8-14-22(4)40(60)68-44-38(58)34(54)30(50)26(66-44)18-62-42-36(56)32(52)28(48)24(16-46)64-42/h5-14,23-38,41-58H,15-18H2,1-4H3/b6-5+,11-7+,12-8+,19-9-,20-10-,21-13+,22-14+/t23-,24-,25-,26+,27-,28-,29-,30+,31+,32+,33+,34-,35-,36-,37-,38+,41-,42-,43+,44-/m0/s1. The van der Waals surface area contributed by atoms with Crippen molar-refractivity contribution < 1.29 is 119 Å². The Labute approximate surface area is 390 Å². The zero-order valence-electron chi connectivity index (χ0n) is 37.5. The molecule has 0 aromatic carbocycles. The predicted molar refractivity (Wildman–Crippen MR) is 227 cm³/mol. The molecule has 384 valence electrons. The fourth-order valence-corrected chi connectivity index (χ4v) is 6.84. The summed E-state index contributed by atoms with van der Waals surface area (Å²) in [5.41, 5.74) is 1.68. The minimum absolute atomic E-state index is 0.0726. The minimum Gasteiger partial charge on any atom is -0.429 e. The van der Waals surface area contributed by atoms with E-state index >= 15 is 0 Å². The number of allylic oxidation sites excluding steroid dienone is 12. The van der Waals surface area contributed by atoms with Gasteiger partial charge in [0.15, 0.2) is 12.6 Å². The minimum atomic E-state index is -1.86. The van der Waals surface area contributed by atoms with Crippen LogP contribution >= 0.6 is 0 Å². The lowest BCUT2D eigenvalue weighted by Crippen LogP contribution is -2.61. The summed E-state index contributed by atoms with van der Waals surface area (Å²) in [5.74, 6) is -1.86. The van der Waals surface area contributed by atoms with Crippen LogP contribution in [-0.2, 0) is 47.5 Å². The van der Waals surface area contributed by atoms with Crippen LogP contribution in [0, 0.1) is 0 Å². The van der Waals surface area contributed by atoms with Crippen molar-refractivity contribution >= 4 is 11.9 Å². The molecule has 0 bridgehead atoms. The third kappa shape index (κ3) is 14.9.